The van der Waals surface area contributed by atoms with Gasteiger partial charge in [-0.3, -0.25) is 9.89 Å². The number of halogens is 1. The van der Waals surface area contributed by atoms with Crippen LogP contribution in [0, 0.1) is 5.92 Å². The van der Waals surface area contributed by atoms with Crippen molar-refractivity contribution in [3.63, 3.8) is 0 Å². The van der Waals surface area contributed by atoms with Crippen molar-refractivity contribution >= 4 is 29.9 Å². The molecule has 0 radical (unpaired) electrons. The number of nitrogens with zero attached hydrogens (tertiary/aromatic N) is 2. The lowest BCUT2D eigenvalue weighted by Gasteiger charge is -2.48. The summed E-state index contributed by atoms with van der Waals surface area (Å²) < 4.78 is 5.57. The van der Waals surface area contributed by atoms with Crippen LogP contribution in [-0.4, -0.2) is 62.8 Å². The van der Waals surface area contributed by atoms with Gasteiger partial charge >= 0.3 is 0 Å². The first-order chi connectivity index (χ1) is 11.3. The number of aliphatic imine (C=N–C) groups is 1. The molecule has 2 N–H and O–H groups in total. The van der Waals surface area contributed by atoms with E-state index in [-0.39, 0.29) is 24.0 Å². The standard InChI is InChI=1S/C18H34N4O.HI/c1-19-17(20-10-7-16-5-6-16)21-15-18(8-3-2-4-9-18)22-11-13-23-14-12-22;/h16H,2-15H2,1H3,(H2,19,20,21);1H. The number of morpholine rings is 1. The van der Waals surface area contributed by atoms with E-state index in [2.05, 4.69) is 20.5 Å². The minimum atomic E-state index is 0. The fourth-order valence-corrected chi connectivity index (χ4v) is 4.12. The second-order valence-electron chi connectivity index (χ2n) is 7.47. The van der Waals surface area contributed by atoms with E-state index in [1.54, 1.807) is 0 Å². The van der Waals surface area contributed by atoms with Crippen LogP contribution in [-0.2, 0) is 4.74 Å². The molecule has 0 atom stereocenters. The Morgan fingerprint density at radius 3 is 2.46 bits per heavy atom. The van der Waals surface area contributed by atoms with E-state index in [9.17, 15) is 0 Å². The first kappa shape index (κ1) is 20.2. The average molecular weight is 450 g/mol. The Hall–Kier alpha value is -0.0800. The van der Waals surface area contributed by atoms with Crippen LogP contribution in [0.5, 0.6) is 0 Å². The van der Waals surface area contributed by atoms with Crippen LogP contribution in [0.2, 0.25) is 0 Å². The van der Waals surface area contributed by atoms with Gasteiger partial charge in [0, 0.05) is 38.8 Å². The first-order valence-electron chi connectivity index (χ1n) is 9.60. The van der Waals surface area contributed by atoms with Crippen LogP contribution in [0.1, 0.15) is 51.4 Å². The van der Waals surface area contributed by atoms with Crippen molar-refractivity contribution in [1.29, 1.82) is 0 Å². The minimum absolute atomic E-state index is 0. The highest BCUT2D eigenvalue weighted by molar-refractivity contribution is 14.0. The summed E-state index contributed by atoms with van der Waals surface area (Å²) in [7, 11) is 1.88. The normalized spacial score (nSPS) is 25.0. The van der Waals surface area contributed by atoms with E-state index in [0.29, 0.717) is 5.54 Å². The average Bonchev–Trinajstić information content (AvgIpc) is 3.44. The third kappa shape index (κ3) is 5.73. The van der Waals surface area contributed by atoms with E-state index < -0.39 is 0 Å². The highest BCUT2D eigenvalue weighted by Crippen LogP contribution is 2.34. The predicted octanol–water partition coefficient (Wildman–Crippen LogP) is 2.60. The van der Waals surface area contributed by atoms with Gasteiger partial charge in [0.25, 0.3) is 0 Å². The van der Waals surface area contributed by atoms with Crippen molar-refractivity contribution in [2.75, 3.05) is 46.4 Å². The van der Waals surface area contributed by atoms with E-state index in [1.165, 1.54) is 51.4 Å². The molecular weight excluding hydrogens is 415 g/mol. The van der Waals surface area contributed by atoms with Gasteiger partial charge in [0.05, 0.1) is 13.2 Å². The molecule has 3 fully saturated rings. The molecule has 1 saturated heterocycles. The Bertz CT molecular complexity index is 388. The van der Waals surface area contributed by atoms with Crippen molar-refractivity contribution in [1.82, 2.24) is 15.5 Å². The van der Waals surface area contributed by atoms with Gasteiger partial charge in [-0.25, -0.2) is 0 Å². The van der Waals surface area contributed by atoms with Crippen molar-refractivity contribution in [3.8, 4) is 0 Å². The molecule has 0 aromatic rings. The summed E-state index contributed by atoms with van der Waals surface area (Å²) in [5.74, 6) is 1.95. The van der Waals surface area contributed by atoms with Crippen LogP contribution in [0.4, 0.5) is 0 Å². The molecule has 0 amide bonds. The lowest BCUT2D eigenvalue weighted by Crippen LogP contribution is -2.60. The van der Waals surface area contributed by atoms with Crippen LogP contribution >= 0.6 is 24.0 Å². The van der Waals surface area contributed by atoms with Crippen LogP contribution in [0.15, 0.2) is 4.99 Å². The molecule has 5 nitrogen and oxygen atoms in total. The maximum Gasteiger partial charge on any atom is 0.191 e. The Kier molecular flexibility index (Phi) is 8.57. The van der Waals surface area contributed by atoms with Crippen LogP contribution in [0.3, 0.4) is 0 Å². The third-order valence-corrected chi connectivity index (χ3v) is 5.82. The second kappa shape index (κ2) is 10.2. The van der Waals surface area contributed by atoms with Gasteiger partial charge in [0.2, 0.25) is 0 Å². The van der Waals surface area contributed by atoms with E-state index >= 15 is 0 Å². The minimum Gasteiger partial charge on any atom is -0.379 e. The highest BCUT2D eigenvalue weighted by atomic mass is 127. The third-order valence-electron chi connectivity index (χ3n) is 5.82. The number of nitrogens with one attached hydrogen (secondary N) is 2. The summed E-state index contributed by atoms with van der Waals surface area (Å²) in [6, 6.07) is 0. The monoisotopic (exact) mass is 450 g/mol. The van der Waals surface area contributed by atoms with E-state index in [1.807, 2.05) is 7.05 Å². The Balaban J connectivity index is 0.00000208. The summed E-state index contributed by atoms with van der Waals surface area (Å²) in [5, 5.41) is 7.12. The molecule has 2 aliphatic carbocycles. The quantitative estimate of drug-likeness (QED) is 0.371. The van der Waals surface area contributed by atoms with Crippen molar-refractivity contribution in [2.24, 2.45) is 10.9 Å². The molecule has 24 heavy (non-hydrogen) atoms. The van der Waals surface area contributed by atoms with Crippen LogP contribution < -0.4 is 10.6 Å². The van der Waals surface area contributed by atoms with E-state index in [0.717, 1.165) is 51.3 Å². The molecule has 3 aliphatic rings. The van der Waals surface area contributed by atoms with Crippen molar-refractivity contribution in [2.45, 2.75) is 56.9 Å². The number of hydrogen-bond acceptors (Lipinski definition) is 3. The second-order valence-corrected chi connectivity index (χ2v) is 7.47. The summed E-state index contributed by atoms with van der Waals surface area (Å²) in [6.07, 6.45) is 10.8. The molecule has 3 rings (SSSR count). The van der Waals surface area contributed by atoms with Gasteiger partial charge in [-0.05, 0) is 25.2 Å². The molecular formula is C18H35IN4O. The van der Waals surface area contributed by atoms with Gasteiger partial charge in [-0.15, -0.1) is 24.0 Å². The van der Waals surface area contributed by atoms with Gasteiger partial charge in [0.15, 0.2) is 5.96 Å². The SMILES string of the molecule is CN=C(NCCC1CC1)NCC1(N2CCOCC2)CCCCC1.I. The molecule has 0 aromatic carbocycles. The Morgan fingerprint density at radius 2 is 1.83 bits per heavy atom. The molecule has 2 saturated carbocycles. The van der Waals surface area contributed by atoms with Gasteiger partial charge in [-0.2, -0.15) is 0 Å². The Morgan fingerprint density at radius 1 is 1.12 bits per heavy atom. The lowest BCUT2D eigenvalue weighted by molar-refractivity contribution is -0.0352. The van der Waals surface area contributed by atoms with E-state index in [4.69, 9.17) is 4.74 Å². The number of ether oxygens (including phenoxy) is 1. The van der Waals surface area contributed by atoms with Crippen LogP contribution in [0.25, 0.3) is 0 Å². The molecule has 1 aliphatic heterocycles. The molecule has 140 valence electrons. The molecule has 6 heteroatoms. The predicted molar refractivity (Wildman–Crippen MR) is 110 cm³/mol. The summed E-state index contributed by atoms with van der Waals surface area (Å²) in [5.41, 5.74) is 0.302. The fraction of sp³-hybridized carbons (Fsp3) is 0.944. The zero-order chi connectivity index (χ0) is 16.0. The van der Waals surface area contributed by atoms with Gasteiger partial charge in [-0.1, -0.05) is 32.1 Å². The molecule has 1 heterocycles. The molecule has 0 unspecified atom stereocenters. The smallest absolute Gasteiger partial charge is 0.191 e. The number of guanidine groups is 1. The Labute approximate surface area is 164 Å². The summed E-state index contributed by atoms with van der Waals surface area (Å²) in [4.78, 5) is 7.10. The maximum atomic E-state index is 5.57. The van der Waals surface area contributed by atoms with Crippen molar-refractivity contribution < 1.29 is 4.74 Å². The zero-order valence-corrected chi connectivity index (χ0v) is 17.5. The first-order valence-corrected chi connectivity index (χ1v) is 9.60. The zero-order valence-electron chi connectivity index (χ0n) is 15.2. The molecule has 0 bridgehead atoms. The summed E-state index contributed by atoms with van der Waals surface area (Å²) >= 11 is 0. The van der Waals surface area contributed by atoms with Gasteiger partial charge in [0.1, 0.15) is 0 Å². The largest absolute Gasteiger partial charge is 0.379 e. The fourth-order valence-electron chi connectivity index (χ4n) is 4.12. The van der Waals surface area contributed by atoms with Gasteiger partial charge < -0.3 is 15.4 Å². The lowest BCUT2D eigenvalue weighted by atomic mass is 9.80. The topological polar surface area (TPSA) is 48.9 Å². The number of hydrogen-bond donors (Lipinski definition) is 2. The molecule has 0 aromatic heterocycles. The molecule has 0 spiro atoms. The van der Waals surface area contributed by atoms with Crippen molar-refractivity contribution in [3.05, 3.63) is 0 Å². The highest BCUT2D eigenvalue weighted by Gasteiger charge is 2.38. The maximum absolute atomic E-state index is 5.57. The number of rotatable bonds is 6. The summed E-state index contributed by atoms with van der Waals surface area (Å²) in [6.45, 7) is 5.99.